The minimum atomic E-state index is -1.13. The first-order chi connectivity index (χ1) is 11.5. The summed E-state index contributed by atoms with van der Waals surface area (Å²) in [6.07, 6.45) is 8.36. The smallest absolute Gasteiger partial charge is 0.207 e. The average Bonchev–Trinajstić information content (AvgIpc) is 2.50. The van der Waals surface area contributed by atoms with Gasteiger partial charge in [0.1, 0.15) is 5.60 Å². The highest BCUT2D eigenvalue weighted by atomic mass is 16.3. The molecule has 1 aliphatic rings. The molecule has 144 valence electrons. The lowest BCUT2D eigenvalue weighted by molar-refractivity contribution is -0.126. The van der Waals surface area contributed by atoms with Crippen LogP contribution in [0.2, 0.25) is 0 Å². The third kappa shape index (κ3) is 4.91. The third-order valence-corrected chi connectivity index (χ3v) is 5.92. The Labute approximate surface area is 152 Å². The van der Waals surface area contributed by atoms with Crippen LogP contribution in [0.25, 0.3) is 0 Å². The molecule has 5 heteroatoms. The monoisotopic (exact) mass is 352 g/mol. The van der Waals surface area contributed by atoms with Crippen molar-refractivity contribution in [1.29, 1.82) is 0 Å². The summed E-state index contributed by atoms with van der Waals surface area (Å²) in [5.41, 5.74) is -2.01. The first-order valence-corrected chi connectivity index (χ1v) is 9.41. The Morgan fingerprint density at radius 2 is 1.92 bits per heavy atom. The number of ketones is 1. The lowest BCUT2D eigenvalue weighted by atomic mass is 9.56. The second-order valence-electron chi connectivity index (χ2n) is 8.45. The molecule has 1 fully saturated rings. The quantitative estimate of drug-likeness (QED) is 0.440. The Morgan fingerprint density at radius 1 is 1.28 bits per heavy atom. The van der Waals surface area contributed by atoms with E-state index in [1.165, 1.54) is 13.0 Å². The van der Waals surface area contributed by atoms with Crippen molar-refractivity contribution in [2.75, 3.05) is 0 Å². The van der Waals surface area contributed by atoms with Crippen molar-refractivity contribution in [2.24, 2.45) is 5.41 Å². The zero-order valence-electron chi connectivity index (χ0n) is 16.7. The first-order valence-electron chi connectivity index (χ1n) is 9.41. The van der Waals surface area contributed by atoms with Gasteiger partial charge in [0.15, 0.2) is 5.78 Å². The number of carbonyl (C=O) groups is 2. The minimum absolute atomic E-state index is 0.0620. The molecule has 5 nitrogen and oxygen atoms in total. The molecule has 4 unspecified atom stereocenters. The van der Waals surface area contributed by atoms with Gasteiger partial charge in [0, 0.05) is 17.6 Å². The number of rotatable bonds is 9. The van der Waals surface area contributed by atoms with Crippen molar-refractivity contribution in [3.8, 4) is 0 Å². The summed E-state index contributed by atoms with van der Waals surface area (Å²) in [5.74, 6) is -0.0620. The molecule has 0 aliphatic heterocycles. The molecule has 1 amide bonds. The summed E-state index contributed by atoms with van der Waals surface area (Å²) in [6.45, 7) is 11.8. The van der Waals surface area contributed by atoms with E-state index >= 15 is 0 Å². The predicted molar refractivity (Wildman–Crippen MR) is 101 cm³/mol. The highest BCUT2D eigenvalue weighted by Gasteiger charge is 2.57. The molecule has 1 rings (SSSR count). The van der Waals surface area contributed by atoms with Crippen LogP contribution in [0.1, 0.15) is 73.6 Å². The van der Waals surface area contributed by atoms with E-state index in [-0.39, 0.29) is 23.3 Å². The highest BCUT2D eigenvalue weighted by molar-refractivity contribution is 5.87. The fraction of sp³-hybridized carbons (Fsp3) is 0.800. The highest BCUT2D eigenvalue weighted by Crippen LogP contribution is 2.50. The molecule has 1 aliphatic carbocycles. The van der Waals surface area contributed by atoms with E-state index < -0.39 is 11.1 Å². The molecule has 4 atom stereocenters. The summed E-state index contributed by atoms with van der Waals surface area (Å²) in [7, 11) is 0. The molecular formula is C20H36N2O3. The summed E-state index contributed by atoms with van der Waals surface area (Å²) < 4.78 is 0. The maximum absolute atomic E-state index is 11.7. The van der Waals surface area contributed by atoms with Gasteiger partial charge in [0.05, 0.1) is 0 Å². The first kappa shape index (κ1) is 21.8. The average molecular weight is 353 g/mol. The second kappa shape index (κ2) is 8.45. The van der Waals surface area contributed by atoms with Crippen LogP contribution in [-0.2, 0) is 9.59 Å². The van der Waals surface area contributed by atoms with E-state index in [4.69, 9.17) is 0 Å². The number of allylic oxidation sites excluding steroid dienone is 1. The third-order valence-electron chi connectivity index (χ3n) is 5.92. The van der Waals surface area contributed by atoms with Gasteiger partial charge in [-0.2, -0.15) is 0 Å². The van der Waals surface area contributed by atoms with Crippen LogP contribution in [0, 0.1) is 5.41 Å². The van der Waals surface area contributed by atoms with Crippen molar-refractivity contribution in [3.05, 3.63) is 12.2 Å². The Balaban J connectivity index is 3.12. The maximum atomic E-state index is 11.7. The lowest BCUT2D eigenvalue weighted by Gasteiger charge is -2.57. The summed E-state index contributed by atoms with van der Waals surface area (Å²) in [6, 6.07) is 0.231. The summed E-state index contributed by atoms with van der Waals surface area (Å²) in [4.78, 5) is 22.1. The van der Waals surface area contributed by atoms with E-state index in [0.29, 0.717) is 0 Å². The molecule has 1 saturated carbocycles. The van der Waals surface area contributed by atoms with Gasteiger partial charge in [-0.25, -0.2) is 0 Å². The molecule has 0 aromatic rings. The molecule has 0 aromatic carbocycles. The van der Waals surface area contributed by atoms with Crippen LogP contribution in [0.3, 0.4) is 0 Å². The Hall–Kier alpha value is -1.20. The van der Waals surface area contributed by atoms with Gasteiger partial charge in [-0.3, -0.25) is 9.59 Å². The van der Waals surface area contributed by atoms with E-state index in [9.17, 15) is 14.7 Å². The predicted octanol–water partition coefficient (Wildman–Crippen LogP) is 2.72. The minimum Gasteiger partial charge on any atom is -0.383 e. The number of carbonyl (C=O) groups excluding carboxylic acids is 2. The van der Waals surface area contributed by atoms with Crippen molar-refractivity contribution in [2.45, 2.75) is 96.9 Å². The van der Waals surface area contributed by atoms with Gasteiger partial charge < -0.3 is 15.7 Å². The van der Waals surface area contributed by atoms with Gasteiger partial charge in [0.2, 0.25) is 6.41 Å². The molecule has 0 spiro atoms. The van der Waals surface area contributed by atoms with Gasteiger partial charge in [-0.1, -0.05) is 27.2 Å². The zero-order chi connectivity index (χ0) is 19.3. The van der Waals surface area contributed by atoms with Gasteiger partial charge in [-0.05, 0) is 64.0 Å². The Bertz CT molecular complexity index is 503. The normalized spacial score (nSPS) is 31.5. The number of nitrogens with one attached hydrogen (secondary N) is 2. The zero-order valence-corrected chi connectivity index (χ0v) is 16.7. The molecule has 25 heavy (non-hydrogen) atoms. The van der Waals surface area contributed by atoms with Crippen LogP contribution in [0.4, 0.5) is 0 Å². The molecular weight excluding hydrogens is 316 g/mol. The largest absolute Gasteiger partial charge is 0.383 e. The van der Waals surface area contributed by atoms with Crippen LogP contribution in [0.15, 0.2) is 12.2 Å². The Morgan fingerprint density at radius 3 is 2.44 bits per heavy atom. The lowest BCUT2D eigenvalue weighted by Crippen LogP contribution is -2.70. The number of aliphatic hydroxyl groups is 1. The van der Waals surface area contributed by atoms with Crippen LogP contribution in [-0.4, -0.2) is 40.5 Å². The molecule has 0 radical (unpaired) electrons. The van der Waals surface area contributed by atoms with Crippen molar-refractivity contribution < 1.29 is 14.7 Å². The Kier molecular flexibility index (Phi) is 7.39. The fourth-order valence-corrected chi connectivity index (χ4v) is 4.23. The summed E-state index contributed by atoms with van der Waals surface area (Å²) in [5, 5.41) is 18.1. The van der Waals surface area contributed by atoms with Gasteiger partial charge >= 0.3 is 0 Å². The fourth-order valence-electron chi connectivity index (χ4n) is 4.23. The number of hydrogen-bond acceptors (Lipinski definition) is 4. The number of hydrogen-bond donors (Lipinski definition) is 3. The van der Waals surface area contributed by atoms with Gasteiger partial charge in [-0.15, -0.1) is 0 Å². The van der Waals surface area contributed by atoms with Crippen molar-refractivity contribution in [1.82, 2.24) is 10.6 Å². The number of amides is 1. The van der Waals surface area contributed by atoms with Crippen molar-refractivity contribution >= 4 is 12.2 Å². The second-order valence-corrected chi connectivity index (χ2v) is 8.45. The molecule has 3 N–H and O–H groups in total. The van der Waals surface area contributed by atoms with E-state index in [0.717, 1.165) is 38.5 Å². The van der Waals surface area contributed by atoms with Gasteiger partial charge in [0.25, 0.3) is 0 Å². The maximum Gasteiger partial charge on any atom is 0.207 e. The summed E-state index contributed by atoms with van der Waals surface area (Å²) >= 11 is 0. The van der Waals surface area contributed by atoms with E-state index in [2.05, 4.69) is 38.3 Å². The topological polar surface area (TPSA) is 78.4 Å². The molecule has 0 aromatic heterocycles. The van der Waals surface area contributed by atoms with Crippen LogP contribution < -0.4 is 10.6 Å². The standard InChI is InChI=1S/C20H36N2O3/c1-7-17(13-15(2)21-14-23)22-19(6)11-8-10-18(4,5)20(19,25)12-9-16(3)24/h9,12,14-15,17,22,25H,7-8,10-11,13H2,1-6H3,(H,21,23)/b12-9+. The van der Waals surface area contributed by atoms with E-state index in [1.54, 1.807) is 6.08 Å². The van der Waals surface area contributed by atoms with Crippen molar-refractivity contribution in [3.63, 3.8) is 0 Å². The molecule has 0 bridgehead atoms. The SMILES string of the molecule is CCC(CC(C)NC=O)NC1(C)CCCC(C)(C)C1(O)/C=C/C(C)=O. The van der Waals surface area contributed by atoms with Crippen LogP contribution >= 0.6 is 0 Å². The molecule has 0 saturated heterocycles. The van der Waals surface area contributed by atoms with E-state index in [1.807, 2.05) is 6.92 Å². The van der Waals surface area contributed by atoms with Crippen LogP contribution in [0.5, 0.6) is 0 Å². The molecule has 0 heterocycles.